The second kappa shape index (κ2) is 6.15. The Morgan fingerprint density at radius 2 is 2.08 bits per heavy atom. The van der Waals surface area contributed by atoms with E-state index < -0.39 is 5.60 Å². The first-order chi connectivity index (χ1) is 12.4. The quantitative estimate of drug-likeness (QED) is 0.851. The summed E-state index contributed by atoms with van der Waals surface area (Å²) in [6.45, 7) is 6.11. The molecule has 2 aliphatic heterocycles. The SMILES string of the molecule is Cc1cc(C)n(Cc2cc(C(=O)N3CCC4(CC3)CNC(=O)O4)n[nH]2)n1. The number of nitrogens with one attached hydrogen (secondary N) is 2. The molecule has 2 saturated heterocycles. The minimum Gasteiger partial charge on any atom is -0.441 e. The number of aromatic nitrogens is 4. The van der Waals surface area contributed by atoms with E-state index in [4.69, 9.17) is 4.74 Å². The molecule has 2 N–H and O–H groups in total. The van der Waals surface area contributed by atoms with Crippen molar-refractivity contribution in [1.82, 2.24) is 30.2 Å². The highest BCUT2D eigenvalue weighted by molar-refractivity contribution is 5.92. The molecule has 0 unspecified atom stereocenters. The number of rotatable bonds is 3. The molecule has 2 amide bonds. The summed E-state index contributed by atoms with van der Waals surface area (Å²) in [4.78, 5) is 25.8. The maximum absolute atomic E-state index is 12.7. The molecule has 138 valence electrons. The summed E-state index contributed by atoms with van der Waals surface area (Å²) in [6, 6.07) is 3.79. The molecule has 0 saturated carbocycles. The number of likely N-dealkylation sites (tertiary alicyclic amines) is 1. The Morgan fingerprint density at radius 3 is 2.69 bits per heavy atom. The standard InChI is InChI=1S/C17H22N6O3/c1-11-7-12(2)23(21-11)9-13-8-14(20-19-13)15(24)22-5-3-17(4-6-22)10-18-16(25)26-17/h7-8H,3-6,9-10H2,1-2H3,(H,18,25)(H,19,20). The Hall–Kier alpha value is -2.84. The Kier molecular flexibility index (Phi) is 3.93. The number of nitrogens with zero attached hydrogens (tertiary/aromatic N) is 4. The molecule has 1 spiro atoms. The maximum atomic E-state index is 12.7. The van der Waals surface area contributed by atoms with Crippen molar-refractivity contribution in [2.24, 2.45) is 0 Å². The van der Waals surface area contributed by atoms with E-state index in [-0.39, 0.29) is 12.0 Å². The minimum absolute atomic E-state index is 0.104. The van der Waals surface area contributed by atoms with Gasteiger partial charge in [0.25, 0.3) is 5.91 Å². The van der Waals surface area contributed by atoms with Crippen molar-refractivity contribution in [3.05, 3.63) is 34.9 Å². The predicted molar refractivity (Wildman–Crippen MR) is 91.7 cm³/mol. The number of alkyl carbamates (subject to hydrolysis) is 1. The van der Waals surface area contributed by atoms with Crippen molar-refractivity contribution >= 4 is 12.0 Å². The van der Waals surface area contributed by atoms with Crippen LogP contribution in [0.4, 0.5) is 4.79 Å². The van der Waals surface area contributed by atoms with E-state index in [1.54, 1.807) is 11.0 Å². The fourth-order valence-electron chi connectivity index (χ4n) is 3.61. The highest BCUT2D eigenvalue weighted by Gasteiger charge is 2.43. The van der Waals surface area contributed by atoms with Gasteiger partial charge in [-0.25, -0.2) is 4.79 Å². The normalized spacial score (nSPS) is 18.8. The van der Waals surface area contributed by atoms with Crippen LogP contribution in [0.25, 0.3) is 0 Å². The van der Waals surface area contributed by atoms with Gasteiger partial charge in [-0.1, -0.05) is 0 Å². The van der Waals surface area contributed by atoms with Crippen molar-refractivity contribution in [2.45, 2.75) is 38.8 Å². The summed E-state index contributed by atoms with van der Waals surface area (Å²) in [5.74, 6) is -0.104. The van der Waals surface area contributed by atoms with Gasteiger partial charge in [0.2, 0.25) is 0 Å². The highest BCUT2D eigenvalue weighted by atomic mass is 16.6. The van der Waals surface area contributed by atoms with E-state index in [1.807, 2.05) is 24.6 Å². The van der Waals surface area contributed by atoms with Crippen LogP contribution in [0.15, 0.2) is 12.1 Å². The first-order valence-electron chi connectivity index (χ1n) is 8.76. The average Bonchev–Trinajstić information content (AvgIpc) is 3.29. The summed E-state index contributed by atoms with van der Waals surface area (Å²) in [6.07, 6.45) is 0.909. The molecule has 9 heteroatoms. The lowest BCUT2D eigenvalue weighted by Crippen LogP contribution is -2.48. The van der Waals surface area contributed by atoms with Gasteiger partial charge in [0.05, 0.1) is 24.5 Å². The summed E-state index contributed by atoms with van der Waals surface area (Å²) in [5.41, 5.74) is 2.80. The zero-order valence-electron chi connectivity index (χ0n) is 14.9. The number of aromatic amines is 1. The van der Waals surface area contributed by atoms with Crippen LogP contribution >= 0.6 is 0 Å². The lowest BCUT2D eigenvalue weighted by atomic mass is 9.91. The molecular formula is C17H22N6O3. The fourth-order valence-corrected chi connectivity index (χ4v) is 3.61. The maximum Gasteiger partial charge on any atom is 0.407 e. The van der Waals surface area contributed by atoms with Crippen molar-refractivity contribution in [3.8, 4) is 0 Å². The van der Waals surface area contributed by atoms with Crippen molar-refractivity contribution < 1.29 is 14.3 Å². The van der Waals surface area contributed by atoms with E-state index >= 15 is 0 Å². The number of hydrogen-bond acceptors (Lipinski definition) is 5. The molecule has 4 heterocycles. The molecule has 2 aromatic heterocycles. The second-order valence-corrected chi connectivity index (χ2v) is 7.08. The molecule has 0 bridgehead atoms. The Morgan fingerprint density at radius 1 is 1.31 bits per heavy atom. The van der Waals surface area contributed by atoms with Gasteiger partial charge in [0, 0.05) is 31.6 Å². The van der Waals surface area contributed by atoms with Crippen LogP contribution in [-0.2, 0) is 11.3 Å². The van der Waals surface area contributed by atoms with Crippen molar-refractivity contribution in [2.75, 3.05) is 19.6 Å². The number of hydrogen-bond donors (Lipinski definition) is 2. The number of aryl methyl sites for hydroxylation is 2. The Labute approximate surface area is 150 Å². The molecule has 0 aromatic carbocycles. The predicted octanol–water partition coefficient (Wildman–Crippen LogP) is 0.986. The van der Waals surface area contributed by atoms with Crippen LogP contribution < -0.4 is 5.32 Å². The number of carbonyl (C=O) groups is 2. The van der Waals surface area contributed by atoms with Gasteiger partial charge in [-0.3, -0.25) is 14.6 Å². The van der Waals surface area contributed by atoms with Crippen LogP contribution in [0.1, 0.15) is 40.4 Å². The highest BCUT2D eigenvalue weighted by Crippen LogP contribution is 2.29. The van der Waals surface area contributed by atoms with Gasteiger partial charge in [0.1, 0.15) is 11.3 Å². The van der Waals surface area contributed by atoms with E-state index in [0.29, 0.717) is 44.7 Å². The zero-order chi connectivity index (χ0) is 18.3. The largest absolute Gasteiger partial charge is 0.441 e. The lowest BCUT2D eigenvalue weighted by molar-refractivity contribution is 0.00314. The van der Waals surface area contributed by atoms with Crippen molar-refractivity contribution in [1.29, 1.82) is 0 Å². The second-order valence-electron chi connectivity index (χ2n) is 7.08. The van der Waals surface area contributed by atoms with Gasteiger partial charge in [-0.05, 0) is 26.0 Å². The van der Waals surface area contributed by atoms with E-state index in [0.717, 1.165) is 17.1 Å². The van der Waals surface area contributed by atoms with Gasteiger partial charge in [0.15, 0.2) is 0 Å². The number of piperidine rings is 1. The van der Waals surface area contributed by atoms with Crippen LogP contribution in [0, 0.1) is 13.8 Å². The summed E-state index contributed by atoms with van der Waals surface area (Å²) in [7, 11) is 0. The molecule has 0 radical (unpaired) electrons. The van der Waals surface area contributed by atoms with Gasteiger partial charge >= 0.3 is 6.09 Å². The van der Waals surface area contributed by atoms with E-state index in [2.05, 4.69) is 20.6 Å². The number of carbonyl (C=O) groups excluding carboxylic acids is 2. The molecule has 0 atom stereocenters. The first-order valence-corrected chi connectivity index (χ1v) is 8.76. The Bertz CT molecular complexity index is 847. The molecule has 2 aromatic rings. The molecule has 4 rings (SSSR count). The summed E-state index contributed by atoms with van der Waals surface area (Å²) in [5, 5.41) is 14.2. The van der Waals surface area contributed by atoms with Gasteiger partial charge < -0.3 is 15.0 Å². The van der Waals surface area contributed by atoms with Crippen LogP contribution in [0.3, 0.4) is 0 Å². The van der Waals surface area contributed by atoms with Crippen LogP contribution in [0.5, 0.6) is 0 Å². The molecule has 26 heavy (non-hydrogen) atoms. The lowest BCUT2D eigenvalue weighted by Gasteiger charge is -2.36. The molecule has 0 aliphatic carbocycles. The third-order valence-electron chi connectivity index (χ3n) is 5.10. The molecular weight excluding hydrogens is 336 g/mol. The van der Waals surface area contributed by atoms with Gasteiger partial charge in [-0.2, -0.15) is 10.2 Å². The summed E-state index contributed by atoms with van der Waals surface area (Å²) >= 11 is 0. The van der Waals surface area contributed by atoms with E-state index in [9.17, 15) is 9.59 Å². The third kappa shape index (κ3) is 3.04. The minimum atomic E-state index is -0.458. The van der Waals surface area contributed by atoms with Crippen LogP contribution in [-0.4, -0.2) is 62.1 Å². The first kappa shape index (κ1) is 16.6. The van der Waals surface area contributed by atoms with Crippen molar-refractivity contribution in [3.63, 3.8) is 0 Å². The fraction of sp³-hybridized carbons (Fsp3) is 0.529. The van der Waals surface area contributed by atoms with Gasteiger partial charge in [-0.15, -0.1) is 0 Å². The average molecular weight is 358 g/mol. The molecule has 2 fully saturated rings. The monoisotopic (exact) mass is 358 g/mol. The smallest absolute Gasteiger partial charge is 0.407 e. The zero-order valence-corrected chi connectivity index (χ0v) is 14.9. The number of amides is 2. The molecule has 9 nitrogen and oxygen atoms in total. The number of ether oxygens (including phenoxy) is 1. The topological polar surface area (TPSA) is 105 Å². The number of H-pyrrole nitrogens is 1. The summed E-state index contributed by atoms with van der Waals surface area (Å²) < 4.78 is 7.27. The third-order valence-corrected chi connectivity index (χ3v) is 5.10. The van der Waals surface area contributed by atoms with Crippen LogP contribution in [0.2, 0.25) is 0 Å². The van der Waals surface area contributed by atoms with E-state index in [1.165, 1.54) is 0 Å². The molecule has 2 aliphatic rings. The Balaban J connectivity index is 1.39.